The molecule has 0 saturated heterocycles. The predicted molar refractivity (Wildman–Crippen MR) is 55.2 cm³/mol. The maximum atomic E-state index is 5.62. The van der Waals surface area contributed by atoms with E-state index in [1.54, 1.807) is 13.0 Å². The van der Waals surface area contributed by atoms with Crippen LogP contribution in [-0.4, -0.2) is 24.7 Å². The zero-order valence-corrected chi connectivity index (χ0v) is 8.47. The van der Waals surface area contributed by atoms with Crippen LogP contribution in [0.4, 0.5) is 11.9 Å². The molecule has 0 aliphatic rings. The Morgan fingerprint density at radius 1 is 1.13 bits per heavy atom. The van der Waals surface area contributed by atoms with E-state index < -0.39 is 0 Å². The van der Waals surface area contributed by atoms with Crippen molar-refractivity contribution >= 4 is 11.9 Å². The normalized spacial score (nSPS) is 10.5. The van der Waals surface area contributed by atoms with Gasteiger partial charge in [-0.3, -0.25) is 0 Å². The molecule has 2 aromatic rings. The first kappa shape index (κ1) is 9.38. The summed E-state index contributed by atoms with van der Waals surface area (Å²) in [4.78, 5) is 12.1. The fourth-order valence-corrected chi connectivity index (χ4v) is 1.32. The van der Waals surface area contributed by atoms with Gasteiger partial charge in [0, 0.05) is 11.8 Å². The number of aryl methyl sites for hydroxylation is 2. The summed E-state index contributed by atoms with van der Waals surface area (Å²) < 4.78 is 1.39. The smallest absolute Gasteiger partial charge is 0.241 e. The minimum absolute atomic E-state index is 0.126. The van der Waals surface area contributed by atoms with Gasteiger partial charge in [0.2, 0.25) is 11.9 Å². The standard InChI is InChI=1S/C8H11N7/c1-4-3-6(12-5(2)11-4)15-8(10)13-7(9)14-15/h3H,1-2H3,(H4,9,10,13,14). The number of nitrogens with zero attached hydrogens (tertiary/aromatic N) is 5. The molecule has 0 saturated carbocycles. The van der Waals surface area contributed by atoms with Crippen LogP contribution >= 0.6 is 0 Å². The van der Waals surface area contributed by atoms with E-state index in [1.165, 1.54) is 4.68 Å². The molecule has 0 spiro atoms. The summed E-state index contributed by atoms with van der Waals surface area (Å²) in [5, 5.41) is 3.93. The molecule has 0 aromatic carbocycles. The monoisotopic (exact) mass is 205 g/mol. The number of hydrogen-bond acceptors (Lipinski definition) is 6. The van der Waals surface area contributed by atoms with Crippen LogP contribution in [0, 0.1) is 13.8 Å². The third-order valence-electron chi connectivity index (χ3n) is 1.82. The maximum absolute atomic E-state index is 5.62. The summed E-state index contributed by atoms with van der Waals surface area (Å²) in [6, 6.07) is 1.76. The van der Waals surface area contributed by atoms with Gasteiger partial charge in [0.15, 0.2) is 5.82 Å². The van der Waals surface area contributed by atoms with Crippen LogP contribution in [0.1, 0.15) is 11.5 Å². The molecule has 0 aliphatic carbocycles. The van der Waals surface area contributed by atoms with Crippen LogP contribution in [0.15, 0.2) is 6.07 Å². The van der Waals surface area contributed by atoms with Crippen LogP contribution in [-0.2, 0) is 0 Å². The minimum Gasteiger partial charge on any atom is -0.368 e. The van der Waals surface area contributed by atoms with E-state index in [9.17, 15) is 0 Å². The Balaban J connectivity index is 2.58. The van der Waals surface area contributed by atoms with Crippen molar-refractivity contribution in [2.24, 2.45) is 0 Å². The lowest BCUT2D eigenvalue weighted by Gasteiger charge is -2.03. The van der Waals surface area contributed by atoms with Crippen molar-refractivity contribution in [2.45, 2.75) is 13.8 Å². The number of rotatable bonds is 1. The van der Waals surface area contributed by atoms with E-state index in [0.29, 0.717) is 11.6 Å². The highest BCUT2D eigenvalue weighted by molar-refractivity contribution is 5.36. The Morgan fingerprint density at radius 3 is 2.40 bits per heavy atom. The first-order valence-corrected chi connectivity index (χ1v) is 4.37. The molecule has 15 heavy (non-hydrogen) atoms. The Kier molecular flexibility index (Phi) is 2.00. The molecule has 0 atom stereocenters. The zero-order chi connectivity index (χ0) is 11.0. The van der Waals surface area contributed by atoms with Crippen molar-refractivity contribution in [3.8, 4) is 5.82 Å². The lowest BCUT2D eigenvalue weighted by molar-refractivity contribution is 0.833. The van der Waals surface area contributed by atoms with Gasteiger partial charge in [-0.15, -0.1) is 5.10 Å². The quantitative estimate of drug-likeness (QED) is 0.669. The van der Waals surface area contributed by atoms with Crippen molar-refractivity contribution in [1.29, 1.82) is 0 Å². The second-order valence-electron chi connectivity index (χ2n) is 3.15. The van der Waals surface area contributed by atoms with Crippen molar-refractivity contribution in [1.82, 2.24) is 24.7 Å². The molecular weight excluding hydrogens is 194 g/mol. The van der Waals surface area contributed by atoms with Gasteiger partial charge in [-0.25, -0.2) is 9.97 Å². The number of nitrogen functional groups attached to an aromatic ring is 2. The van der Waals surface area contributed by atoms with Gasteiger partial charge in [0.25, 0.3) is 0 Å². The Bertz CT molecular complexity index is 481. The van der Waals surface area contributed by atoms with Crippen LogP contribution in [0.25, 0.3) is 5.82 Å². The summed E-state index contributed by atoms with van der Waals surface area (Å²) in [5.41, 5.74) is 11.9. The SMILES string of the molecule is Cc1cc(-n2nc(N)nc2N)nc(C)n1. The molecular formula is C8H11N7. The van der Waals surface area contributed by atoms with E-state index in [1.807, 2.05) is 6.92 Å². The zero-order valence-electron chi connectivity index (χ0n) is 8.47. The first-order chi connectivity index (χ1) is 7.06. The van der Waals surface area contributed by atoms with Gasteiger partial charge < -0.3 is 11.5 Å². The molecule has 2 heterocycles. The first-order valence-electron chi connectivity index (χ1n) is 4.37. The van der Waals surface area contributed by atoms with E-state index in [-0.39, 0.29) is 11.9 Å². The molecule has 7 heteroatoms. The Labute approximate surface area is 86.2 Å². The second kappa shape index (κ2) is 3.19. The molecule has 0 unspecified atom stereocenters. The summed E-state index contributed by atoms with van der Waals surface area (Å²) in [6.07, 6.45) is 0. The van der Waals surface area contributed by atoms with Crippen LogP contribution in [0.3, 0.4) is 0 Å². The lowest BCUT2D eigenvalue weighted by Crippen LogP contribution is -2.07. The van der Waals surface area contributed by atoms with Crippen molar-refractivity contribution in [2.75, 3.05) is 11.5 Å². The highest BCUT2D eigenvalue weighted by Crippen LogP contribution is 2.10. The fourth-order valence-electron chi connectivity index (χ4n) is 1.32. The number of anilines is 2. The van der Waals surface area contributed by atoms with Crippen LogP contribution in [0.2, 0.25) is 0 Å². The average Bonchev–Trinajstić information content (AvgIpc) is 2.43. The van der Waals surface area contributed by atoms with E-state index >= 15 is 0 Å². The molecule has 2 rings (SSSR count). The van der Waals surface area contributed by atoms with Gasteiger partial charge >= 0.3 is 0 Å². The van der Waals surface area contributed by atoms with Gasteiger partial charge in [0.05, 0.1) is 0 Å². The van der Waals surface area contributed by atoms with Crippen molar-refractivity contribution in [3.63, 3.8) is 0 Å². The predicted octanol–water partition coefficient (Wildman–Crippen LogP) is -0.161. The molecule has 0 radical (unpaired) electrons. The molecule has 0 aliphatic heterocycles. The Morgan fingerprint density at radius 2 is 1.87 bits per heavy atom. The van der Waals surface area contributed by atoms with Gasteiger partial charge in [-0.05, 0) is 13.8 Å². The van der Waals surface area contributed by atoms with E-state index in [2.05, 4.69) is 20.1 Å². The topological polar surface area (TPSA) is 109 Å². The highest BCUT2D eigenvalue weighted by atomic mass is 15.4. The fraction of sp³-hybridized carbons (Fsp3) is 0.250. The maximum Gasteiger partial charge on any atom is 0.241 e. The third-order valence-corrected chi connectivity index (χ3v) is 1.82. The molecule has 2 aromatic heterocycles. The molecule has 4 N–H and O–H groups in total. The molecule has 0 amide bonds. The molecule has 78 valence electrons. The summed E-state index contributed by atoms with van der Waals surface area (Å²) >= 11 is 0. The van der Waals surface area contributed by atoms with Crippen LogP contribution < -0.4 is 11.5 Å². The summed E-state index contributed by atoms with van der Waals surface area (Å²) in [6.45, 7) is 3.67. The lowest BCUT2D eigenvalue weighted by atomic mass is 10.4. The van der Waals surface area contributed by atoms with E-state index in [4.69, 9.17) is 11.5 Å². The Hall–Kier alpha value is -2.18. The number of hydrogen-bond donors (Lipinski definition) is 2. The second-order valence-corrected chi connectivity index (χ2v) is 3.15. The number of aromatic nitrogens is 5. The molecule has 7 nitrogen and oxygen atoms in total. The summed E-state index contributed by atoms with van der Waals surface area (Å²) in [5.74, 6) is 1.56. The third kappa shape index (κ3) is 1.71. The largest absolute Gasteiger partial charge is 0.368 e. The molecule has 0 fully saturated rings. The molecule has 0 bridgehead atoms. The van der Waals surface area contributed by atoms with Gasteiger partial charge in [0.1, 0.15) is 5.82 Å². The average molecular weight is 205 g/mol. The highest BCUT2D eigenvalue weighted by Gasteiger charge is 2.08. The summed E-state index contributed by atoms with van der Waals surface area (Å²) in [7, 11) is 0. The number of nitrogens with two attached hydrogens (primary N) is 2. The minimum atomic E-state index is 0.126. The van der Waals surface area contributed by atoms with Gasteiger partial charge in [-0.1, -0.05) is 0 Å². The van der Waals surface area contributed by atoms with Crippen LogP contribution in [0.5, 0.6) is 0 Å². The van der Waals surface area contributed by atoms with Crippen molar-refractivity contribution < 1.29 is 0 Å². The van der Waals surface area contributed by atoms with E-state index in [0.717, 1.165) is 5.69 Å². The van der Waals surface area contributed by atoms with Crippen molar-refractivity contribution in [3.05, 3.63) is 17.6 Å². The van der Waals surface area contributed by atoms with Gasteiger partial charge in [-0.2, -0.15) is 9.67 Å².